The Kier molecular flexibility index (Phi) is 7.71. The van der Waals surface area contributed by atoms with Gasteiger partial charge in [0.15, 0.2) is 6.61 Å². The molecule has 1 N–H and O–H groups in total. The molecule has 1 aromatic carbocycles. The van der Waals surface area contributed by atoms with Crippen molar-refractivity contribution in [1.82, 2.24) is 4.31 Å². The largest absolute Gasteiger partial charge is 0.452 e. The number of esters is 1. The Morgan fingerprint density at radius 1 is 1.26 bits per heavy atom. The van der Waals surface area contributed by atoms with Crippen LogP contribution in [-0.4, -0.2) is 57.5 Å². The summed E-state index contributed by atoms with van der Waals surface area (Å²) in [4.78, 5) is 23.4. The summed E-state index contributed by atoms with van der Waals surface area (Å²) in [7, 11) is -3.66. The predicted molar refractivity (Wildman–Crippen MR) is 99.6 cm³/mol. The van der Waals surface area contributed by atoms with Gasteiger partial charge in [0.2, 0.25) is 10.0 Å². The molecule has 8 nitrogen and oxygen atoms in total. The fourth-order valence-electron chi connectivity index (χ4n) is 2.30. The number of nitrogens with one attached hydrogen (secondary N) is 1. The first-order valence-electron chi connectivity index (χ1n) is 8.37. The van der Waals surface area contributed by atoms with Gasteiger partial charge in [0.1, 0.15) is 0 Å². The lowest BCUT2D eigenvalue weighted by Gasteiger charge is -2.26. The van der Waals surface area contributed by atoms with Crippen molar-refractivity contribution in [3.8, 4) is 0 Å². The lowest BCUT2D eigenvalue weighted by Crippen LogP contribution is -2.40. The Morgan fingerprint density at radius 2 is 2.00 bits per heavy atom. The molecule has 1 fully saturated rings. The van der Waals surface area contributed by atoms with E-state index in [1.165, 1.54) is 34.7 Å². The number of amides is 1. The van der Waals surface area contributed by atoms with E-state index in [2.05, 4.69) is 5.32 Å². The van der Waals surface area contributed by atoms with Crippen LogP contribution < -0.4 is 5.32 Å². The second kappa shape index (κ2) is 10.0. The zero-order chi connectivity index (χ0) is 19.7. The summed E-state index contributed by atoms with van der Waals surface area (Å²) in [5.74, 6) is -1.21. The molecule has 0 atom stereocenters. The smallest absolute Gasteiger partial charge is 0.331 e. The van der Waals surface area contributed by atoms with Gasteiger partial charge >= 0.3 is 5.97 Å². The maximum atomic E-state index is 12.6. The highest BCUT2D eigenvalue weighted by atomic mass is 32.2. The highest BCUT2D eigenvalue weighted by Gasteiger charge is 2.26. The van der Waals surface area contributed by atoms with E-state index < -0.39 is 28.5 Å². The number of morpholine rings is 1. The molecule has 0 saturated carbocycles. The standard InChI is InChI=1S/C18H22N2O6S/c1-2-3-4-8-18(22)26-14-17(21)19-15-6-5-7-16(13-15)27(23,24)20-9-11-25-12-10-20/h2-8,13H,9-12,14H2,1H3,(H,19,21). The molecule has 1 heterocycles. The molecule has 1 amide bonds. The van der Waals surface area contributed by atoms with Gasteiger partial charge in [-0.05, 0) is 25.1 Å². The molecule has 1 aromatic rings. The SMILES string of the molecule is CC=CC=CC(=O)OCC(=O)Nc1cccc(S(=O)(=O)N2CCOCC2)c1. The molecular weight excluding hydrogens is 372 g/mol. The van der Waals surface area contributed by atoms with Crippen molar-refractivity contribution in [3.05, 3.63) is 48.6 Å². The van der Waals surface area contributed by atoms with Crippen molar-refractivity contribution in [3.63, 3.8) is 0 Å². The second-order valence-corrected chi connectivity index (χ2v) is 7.52. The Morgan fingerprint density at radius 3 is 2.70 bits per heavy atom. The molecule has 0 aliphatic carbocycles. The topological polar surface area (TPSA) is 102 Å². The molecule has 9 heteroatoms. The number of rotatable bonds is 7. The first kappa shape index (κ1) is 20.8. The van der Waals surface area contributed by atoms with Gasteiger partial charge < -0.3 is 14.8 Å². The van der Waals surface area contributed by atoms with Gasteiger partial charge in [0, 0.05) is 24.9 Å². The van der Waals surface area contributed by atoms with Crippen LogP contribution in [0.3, 0.4) is 0 Å². The zero-order valence-electron chi connectivity index (χ0n) is 15.0. The third-order valence-electron chi connectivity index (χ3n) is 3.61. The maximum absolute atomic E-state index is 12.6. The average molecular weight is 394 g/mol. The number of sulfonamides is 1. The lowest BCUT2D eigenvalue weighted by atomic mass is 10.3. The summed E-state index contributed by atoms with van der Waals surface area (Å²) in [6, 6.07) is 5.93. The zero-order valence-corrected chi connectivity index (χ0v) is 15.8. The van der Waals surface area contributed by atoms with Gasteiger partial charge in [-0.15, -0.1) is 0 Å². The quantitative estimate of drug-likeness (QED) is 0.425. The van der Waals surface area contributed by atoms with Crippen molar-refractivity contribution >= 4 is 27.6 Å². The number of nitrogens with zero attached hydrogens (tertiary/aromatic N) is 1. The minimum Gasteiger partial charge on any atom is -0.452 e. The Bertz CT molecular complexity index is 826. The first-order chi connectivity index (χ1) is 12.9. The lowest BCUT2D eigenvalue weighted by molar-refractivity contribution is -0.142. The summed E-state index contributed by atoms with van der Waals surface area (Å²) in [5.41, 5.74) is 0.301. The minimum absolute atomic E-state index is 0.0773. The highest BCUT2D eigenvalue weighted by Crippen LogP contribution is 2.20. The van der Waals surface area contributed by atoms with Crippen LogP contribution in [0.5, 0.6) is 0 Å². The van der Waals surface area contributed by atoms with Crippen LogP contribution in [0.1, 0.15) is 6.92 Å². The fourth-order valence-corrected chi connectivity index (χ4v) is 3.75. The number of allylic oxidation sites excluding steroid dienone is 3. The van der Waals surface area contributed by atoms with E-state index in [0.717, 1.165) is 0 Å². The molecule has 0 unspecified atom stereocenters. The van der Waals surface area contributed by atoms with Crippen LogP contribution in [0.15, 0.2) is 53.5 Å². The van der Waals surface area contributed by atoms with Crippen LogP contribution in [0.4, 0.5) is 5.69 Å². The predicted octanol–water partition coefficient (Wildman–Crippen LogP) is 1.32. The van der Waals surface area contributed by atoms with Crippen molar-refractivity contribution in [2.24, 2.45) is 0 Å². The maximum Gasteiger partial charge on any atom is 0.331 e. The number of ether oxygens (including phenoxy) is 2. The molecule has 0 spiro atoms. The molecule has 0 radical (unpaired) electrons. The van der Waals surface area contributed by atoms with E-state index in [4.69, 9.17) is 9.47 Å². The molecule has 27 heavy (non-hydrogen) atoms. The van der Waals surface area contributed by atoms with Crippen molar-refractivity contribution in [2.75, 3.05) is 38.2 Å². The van der Waals surface area contributed by atoms with E-state index in [1.54, 1.807) is 25.1 Å². The van der Waals surface area contributed by atoms with Gasteiger partial charge in [-0.25, -0.2) is 13.2 Å². The van der Waals surface area contributed by atoms with Crippen LogP contribution in [0.25, 0.3) is 0 Å². The summed E-state index contributed by atoms with van der Waals surface area (Å²) in [6.07, 6.45) is 6.10. The summed E-state index contributed by atoms with van der Waals surface area (Å²) in [5, 5.41) is 2.52. The number of carbonyl (C=O) groups excluding carboxylic acids is 2. The number of anilines is 1. The van der Waals surface area contributed by atoms with Crippen LogP contribution in [0.2, 0.25) is 0 Å². The van der Waals surface area contributed by atoms with E-state index >= 15 is 0 Å². The van der Waals surface area contributed by atoms with E-state index in [9.17, 15) is 18.0 Å². The van der Waals surface area contributed by atoms with Gasteiger partial charge in [-0.2, -0.15) is 4.31 Å². The monoisotopic (exact) mass is 394 g/mol. The highest BCUT2D eigenvalue weighted by molar-refractivity contribution is 7.89. The van der Waals surface area contributed by atoms with Gasteiger partial charge in [0.05, 0.1) is 18.1 Å². The van der Waals surface area contributed by atoms with Crippen LogP contribution in [0, 0.1) is 0 Å². The Balaban J connectivity index is 1.96. The number of benzene rings is 1. The fraction of sp³-hybridized carbons (Fsp3) is 0.333. The van der Waals surface area contributed by atoms with Gasteiger partial charge in [-0.3, -0.25) is 4.79 Å². The molecule has 2 rings (SSSR count). The van der Waals surface area contributed by atoms with Crippen molar-refractivity contribution in [2.45, 2.75) is 11.8 Å². The third-order valence-corrected chi connectivity index (χ3v) is 5.50. The minimum atomic E-state index is -3.66. The normalized spacial score (nSPS) is 15.9. The van der Waals surface area contributed by atoms with Gasteiger partial charge in [-0.1, -0.05) is 24.3 Å². The van der Waals surface area contributed by atoms with Crippen LogP contribution >= 0.6 is 0 Å². The number of hydrogen-bond donors (Lipinski definition) is 1. The second-order valence-electron chi connectivity index (χ2n) is 5.59. The van der Waals surface area contributed by atoms with E-state index in [-0.39, 0.29) is 18.0 Å². The third kappa shape index (κ3) is 6.31. The molecular formula is C18H22N2O6S. The van der Waals surface area contributed by atoms with Gasteiger partial charge in [0.25, 0.3) is 5.91 Å². The number of carbonyl (C=O) groups is 2. The molecule has 1 aliphatic rings. The Labute approximate surface area is 158 Å². The molecule has 146 valence electrons. The molecule has 0 aromatic heterocycles. The first-order valence-corrected chi connectivity index (χ1v) is 9.81. The van der Waals surface area contributed by atoms with Crippen molar-refractivity contribution in [1.29, 1.82) is 0 Å². The average Bonchev–Trinajstić information content (AvgIpc) is 2.67. The molecule has 0 bridgehead atoms. The molecule has 1 aliphatic heterocycles. The van der Waals surface area contributed by atoms with E-state index in [1.807, 2.05) is 0 Å². The summed E-state index contributed by atoms with van der Waals surface area (Å²) < 4.78 is 36.6. The van der Waals surface area contributed by atoms with Crippen molar-refractivity contribution < 1.29 is 27.5 Å². The molecule has 1 saturated heterocycles. The Hall–Kier alpha value is -2.49. The number of hydrogen-bond acceptors (Lipinski definition) is 6. The van der Waals surface area contributed by atoms with E-state index in [0.29, 0.717) is 18.9 Å². The summed E-state index contributed by atoms with van der Waals surface area (Å²) in [6.45, 7) is 2.61. The van der Waals surface area contributed by atoms with Crippen LogP contribution in [-0.2, 0) is 29.1 Å². The summed E-state index contributed by atoms with van der Waals surface area (Å²) >= 11 is 0.